The standard InChI is InChI=1S/C9H10BrNO/c1-12-9-5-3-7-11-8(9)4-2-6-10/h2-5,7H,6H2,1H3. The Morgan fingerprint density at radius 3 is 3.17 bits per heavy atom. The average molecular weight is 228 g/mol. The smallest absolute Gasteiger partial charge is 0.144 e. The highest BCUT2D eigenvalue weighted by Gasteiger charge is 1.96. The molecule has 3 heteroatoms. The molecule has 1 heterocycles. The van der Waals surface area contributed by atoms with Gasteiger partial charge in [-0.05, 0) is 18.2 Å². The van der Waals surface area contributed by atoms with Crippen LogP contribution in [0.25, 0.3) is 6.08 Å². The zero-order valence-corrected chi connectivity index (χ0v) is 8.41. The van der Waals surface area contributed by atoms with Gasteiger partial charge in [0.15, 0.2) is 0 Å². The van der Waals surface area contributed by atoms with E-state index in [1.54, 1.807) is 13.3 Å². The number of methoxy groups -OCH3 is 1. The summed E-state index contributed by atoms with van der Waals surface area (Å²) in [6, 6.07) is 3.74. The number of alkyl halides is 1. The summed E-state index contributed by atoms with van der Waals surface area (Å²) in [6.45, 7) is 0. The minimum Gasteiger partial charge on any atom is -0.494 e. The normalized spacial score (nSPS) is 10.5. The maximum Gasteiger partial charge on any atom is 0.144 e. The summed E-state index contributed by atoms with van der Waals surface area (Å²) in [4.78, 5) is 4.15. The number of pyridine rings is 1. The number of hydrogen-bond acceptors (Lipinski definition) is 2. The molecule has 0 unspecified atom stereocenters. The van der Waals surface area contributed by atoms with Crippen LogP contribution in [0.5, 0.6) is 5.75 Å². The molecule has 0 radical (unpaired) electrons. The molecule has 0 amide bonds. The Kier molecular flexibility index (Phi) is 3.80. The van der Waals surface area contributed by atoms with Crippen molar-refractivity contribution in [3.63, 3.8) is 0 Å². The topological polar surface area (TPSA) is 22.1 Å². The molecule has 0 aliphatic carbocycles. The highest BCUT2D eigenvalue weighted by Crippen LogP contribution is 2.15. The van der Waals surface area contributed by atoms with Crippen LogP contribution in [-0.2, 0) is 0 Å². The van der Waals surface area contributed by atoms with Crippen LogP contribution in [0.1, 0.15) is 5.69 Å². The van der Waals surface area contributed by atoms with Gasteiger partial charge in [-0.3, -0.25) is 4.98 Å². The van der Waals surface area contributed by atoms with E-state index in [2.05, 4.69) is 20.9 Å². The monoisotopic (exact) mass is 227 g/mol. The van der Waals surface area contributed by atoms with Crippen LogP contribution in [0.2, 0.25) is 0 Å². The molecule has 0 aliphatic heterocycles. The van der Waals surface area contributed by atoms with E-state index in [0.29, 0.717) is 0 Å². The number of rotatable bonds is 3. The molecule has 1 aromatic rings. The molecule has 0 N–H and O–H groups in total. The van der Waals surface area contributed by atoms with Gasteiger partial charge in [-0.15, -0.1) is 0 Å². The van der Waals surface area contributed by atoms with Crippen molar-refractivity contribution in [3.05, 3.63) is 30.1 Å². The van der Waals surface area contributed by atoms with E-state index in [1.165, 1.54) is 0 Å². The molecule has 0 aliphatic rings. The van der Waals surface area contributed by atoms with Gasteiger partial charge in [0.05, 0.1) is 7.11 Å². The molecule has 0 spiro atoms. The summed E-state index contributed by atoms with van der Waals surface area (Å²) < 4.78 is 5.11. The maximum absolute atomic E-state index is 5.11. The zero-order valence-electron chi connectivity index (χ0n) is 6.83. The van der Waals surface area contributed by atoms with Gasteiger partial charge in [0.2, 0.25) is 0 Å². The van der Waals surface area contributed by atoms with Crippen molar-refractivity contribution >= 4 is 22.0 Å². The number of nitrogens with zero attached hydrogens (tertiary/aromatic N) is 1. The van der Waals surface area contributed by atoms with Crippen molar-refractivity contribution < 1.29 is 4.74 Å². The number of hydrogen-bond donors (Lipinski definition) is 0. The van der Waals surface area contributed by atoms with E-state index in [1.807, 2.05) is 24.3 Å². The Morgan fingerprint density at radius 2 is 2.50 bits per heavy atom. The van der Waals surface area contributed by atoms with Crippen LogP contribution in [0.3, 0.4) is 0 Å². The minimum absolute atomic E-state index is 0.801. The number of halogens is 1. The zero-order chi connectivity index (χ0) is 8.81. The van der Waals surface area contributed by atoms with Gasteiger partial charge in [-0.1, -0.05) is 22.0 Å². The van der Waals surface area contributed by atoms with Crippen molar-refractivity contribution in [1.29, 1.82) is 0 Å². The van der Waals surface area contributed by atoms with Crippen LogP contribution in [0.4, 0.5) is 0 Å². The molecule has 64 valence electrons. The van der Waals surface area contributed by atoms with Crippen molar-refractivity contribution in [2.24, 2.45) is 0 Å². The van der Waals surface area contributed by atoms with Gasteiger partial charge in [0, 0.05) is 11.5 Å². The van der Waals surface area contributed by atoms with Crippen molar-refractivity contribution in [2.75, 3.05) is 12.4 Å². The molecule has 0 atom stereocenters. The van der Waals surface area contributed by atoms with Crippen molar-refractivity contribution in [2.45, 2.75) is 0 Å². The maximum atomic E-state index is 5.11. The van der Waals surface area contributed by atoms with E-state index < -0.39 is 0 Å². The van der Waals surface area contributed by atoms with Gasteiger partial charge in [0.1, 0.15) is 11.4 Å². The lowest BCUT2D eigenvalue weighted by Gasteiger charge is -2.01. The Balaban J connectivity index is 2.89. The number of aromatic nitrogens is 1. The van der Waals surface area contributed by atoms with Crippen molar-refractivity contribution in [1.82, 2.24) is 4.98 Å². The number of ether oxygens (including phenoxy) is 1. The Labute approximate surface area is 80.4 Å². The van der Waals surface area contributed by atoms with E-state index in [-0.39, 0.29) is 0 Å². The molecule has 1 aromatic heterocycles. The fourth-order valence-electron chi connectivity index (χ4n) is 0.857. The van der Waals surface area contributed by atoms with Crippen LogP contribution < -0.4 is 4.74 Å². The van der Waals surface area contributed by atoms with E-state index in [4.69, 9.17) is 4.74 Å². The highest BCUT2D eigenvalue weighted by molar-refractivity contribution is 9.09. The first-order valence-electron chi connectivity index (χ1n) is 3.60. The van der Waals surface area contributed by atoms with Crippen LogP contribution >= 0.6 is 15.9 Å². The third-order valence-corrected chi connectivity index (χ3v) is 1.76. The van der Waals surface area contributed by atoms with E-state index in [0.717, 1.165) is 16.8 Å². The fraction of sp³-hybridized carbons (Fsp3) is 0.222. The largest absolute Gasteiger partial charge is 0.494 e. The molecule has 0 fully saturated rings. The first-order chi connectivity index (χ1) is 5.88. The summed E-state index contributed by atoms with van der Waals surface area (Å²) in [5, 5.41) is 0.826. The molecular weight excluding hydrogens is 218 g/mol. The molecule has 2 nitrogen and oxygen atoms in total. The predicted octanol–water partition coefficient (Wildman–Crippen LogP) is 2.50. The Morgan fingerprint density at radius 1 is 1.67 bits per heavy atom. The summed E-state index contributed by atoms with van der Waals surface area (Å²) in [5.41, 5.74) is 0.861. The molecule has 0 aromatic carbocycles. The second kappa shape index (κ2) is 4.93. The van der Waals surface area contributed by atoms with Gasteiger partial charge >= 0.3 is 0 Å². The molecule has 0 saturated carbocycles. The lowest BCUT2D eigenvalue weighted by Crippen LogP contribution is -1.88. The Hall–Kier alpha value is -0.830. The lowest BCUT2D eigenvalue weighted by molar-refractivity contribution is 0.412. The molecule has 0 bridgehead atoms. The third kappa shape index (κ3) is 2.34. The molecular formula is C9H10BrNO. The van der Waals surface area contributed by atoms with Crippen LogP contribution in [0.15, 0.2) is 24.4 Å². The quantitative estimate of drug-likeness (QED) is 0.741. The van der Waals surface area contributed by atoms with E-state index >= 15 is 0 Å². The van der Waals surface area contributed by atoms with Crippen LogP contribution in [-0.4, -0.2) is 17.4 Å². The SMILES string of the molecule is COc1cccnc1C=CCBr. The van der Waals surface area contributed by atoms with Gasteiger partial charge in [0.25, 0.3) is 0 Å². The number of allylic oxidation sites excluding steroid dienone is 1. The highest BCUT2D eigenvalue weighted by atomic mass is 79.9. The first-order valence-corrected chi connectivity index (χ1v) is 4.72. The molecule has 1 rings (SSSR count). The second-order valence-corrected chi connectivity index (χ2v) is 2.80. The van der Waals surface area contributed by atoms with Gasteiger partial charge < -0.3 is 4.74 Å². The fourth-order valence-corrected chi connectivity index (χ4v) is 1.04. The van der Waals surface area contributed by atoms with Crippen LogP contribution in [0, 0.1) is 0 Å². The third-order valence-electron chi connectivity index (χ3n) is 1.38. The molecule has 0 saturated heterocycles. The molecule has 12 heavy (non-hydrogen) atoms. The second-order valence-electron chi connectivity index (χ2n) is 2.15. The van der Waals surface area contributed by atoms with E-state index in [9.17, 15) is 0 Å². The summed E-state index contributed by atoms with van der Waals surface area (Å²) in [5.74, 6) is 0.801. The lowest BCUT2D eigenvalue weighted by atomic mass is 10.3. The average Bonchev–Trinajstić information content (AvgIpc) is 2.15. The first kappa shape index (κ1) is 9.26. The summed E-state index contributed by atoms with van der Waals surface area (Å²) >= 11 is 3.30. The van der Waals surface area contributed by atoms with Gasteiger partial charge in [-0.2, -0.15) is 0 Å². The van der Waals surface area contributed by atoms with Gasteiger partial charge in [-0.25, -0.2) is 0 Å². The minimum atomic E-state index is 0.801. The predicted molar refractivity (Wildman–Crippen MR) is 53.6 cm³/mol. The summed E-state index contributed by atoms with van der Waals surface area (Å²) in [6.07, 6.45) is 5.65. The summed E-state index contributed by atoms with van der Waals surface area (Å²) in [7, 11) is 1.64. The Bertz CT molecular complexity index is 273. The van der Waals surface area contributed by atoms with Crippen molar-refractivity contribution in [3.8, 4) is 5.75 Å².